The van der Waals surface area contributed by atoms with Crippen LogP contribution in [0.15, 0.2) is 58.3 Å². The molecule has 92 valence electrons. The Morgan fingerprint density at radius 3 is 1.94 bits per heavy atom. The highest BCUT2D eigenvalue weighted by molar-refractivity contribution is 7.99. The Balaban J connectivity index is 2.10. The Morgan fingerprint density at radius 1 is 1.00 bits per heavy atom. The van der Waals surface area contributed by atoms with Gasteiger partial charge in [-0.25, -0.2) is 4.79 Å². The molecule has 0 aliphatic rings. The second kappa shape index (κ2) is 5.60. The molecule has 0 saturated heterocycles. The molecular formula is C14H12O3S. The van der Waals surface area contributed by atoms with Crippen molar-refractivity contribution in [2.45, 2.75) is 9.79 Å². The maximum atomic E-state index is 10.7. The molecule has 3 nitrogen and oxygen atoms in total. The van der Waals surface area contributed by atoms with Crippen molar-refractivity contribution < 1.29 is 14.6 Å². The third-order valence-electron chi connectivity index (χ3n) is 2.40. The number of carbonyl (C=O) groups is 1. The van der Waals surface area contributed by atoms with Crippen LogP contribution in [0.2, 0.25) is 0 Å². The summed E-state index contributed by atoms with van der Waals surface area (Å²) in [4.78, 5) is 12.8. The normalized spacial score (nSPS) is 10.1. The molecule has 0 amide bonds. The lowest BCUT2D eigenvalue weighted by molar-refractivity contribution is 0.0697. The fourth-order valence-electron chi connectivity index (χ4n) is 1.45. The lowest BCUT2D eigenvalue weighted by atomic mass is 10.2. The molecule has 2 rings (SSSR count). The van der Waals surface area contributed by atoms with Crippen molar-refractivity contribution in [3.63, 3.8) is 0 Å². The quantitative estimate of drug-likeness (QED) is 0.913. The second-order valence-electron chi connectivity index (χ2n) is 3.61. The Bertz CT molecular complexity index is 532. The summed E-state index contributed by atoms with van der Waals surface area (Å²) in [5, 5.41) is 8.80. The lowest BCUT2D eigenvalue weighted by Crippen LogP contribution is -1.94. The zero-order chi connectivity index (χ0) is 13.0. The molecule has 2 aromatic carbocycles. The van der Waals surface area contributed by atoms with Gasteiger partial charge in [-0.05, 0) is 48.5 Å². The average Bonchev–Trinajstić information content (AvgIpc) is 2.40. The molecule has 0 unspecified atom stereocenters. The summed E-state index contributed by atoms with van der Waals surface area (Å²) in [6.45, 7) is 0. The van der Waals surface area contributed by atoms with Gasteiger partial charge in [0.25, 0.3) is 0 Å². The van der Waals surface area contributed by atoms with Crippen LogP contribution in [0.3, 0.4) is 0 Å². The van der Waals surface area contributed by atoms with Gasteiger partial charge < -0.3 is 9.84 Å². The zero-order valence-corrected chi connectivity index (χ0v) is 10.6. The molecule has 2 aromatic rings. The maximum Gasteiger partial charge on any atom is 0.335 e. The van der Waals surface area contributed by atoms with E-state index in [4.69, 9.17) is 9.84 Å². The van der Waals surface area contributed by atoms with Gasteiger partial charge in [0.2, 0.25) is 0 Å². The predicted molar refractivity (Wildman–Crippen MR) is 70.5 cm³/mol. The van der Waals surface area contributed by atoms with E-state index in [-0.39, 0.29) is 0 Å². The minimum atomic E-state index is -0.906. The summed E-state index contributed by atoms with van der Waals surface area (Å²) in [5.74, 6) is -0.0865. The van der Waals surface area contributed by atoms with Crippen LogP contribution in [0.1, 0.15) is 10.4 Å². The van der Waals surface area contributed by atoms with Gasteiger partial charge in [0.1, 0.15) is 5.75 Å². The first-order valence-corrected chi connectivity index (χ1v) is 6.16. The molecule has 0 heterocycles. The first kappa shape index (κ1) is 12.5. The summed E-state index contributed by atoms with van der Waals surface area (Å²) in [5.41, 5.74) is 0.300. The number of carboxylic acid groups (broad SMARTS) is 1. The molecule has 0 spiro atoms. The Labute approximate surface area is 109 Å². The molecule has 0 aliphatic heterocycles. The third-order valence-corrected chi connectivity index (χ3v) is 3.41. The number of ether oxygens (including phenoxy) is 1. The number of methoxy groups -OCH3 is 1. The van der Waals surface area contributed by atoms with Gasteiger partial charge >= 0.3 is 5.97 Å². The minimum absolute atomic E-state index is 0.300. The Morgan fingerprint density at radius 2 is 1.50 bits per heavy atom. The van der Waals surface area contributed by atoms with Crippen molar-refractivity contribution in [3.05, 3.63) is 54.1 Å². The highest BCUT2D eigenvalue weighted by Crippen LogP contribution is 2.29. The van der Waals surface area contributed by atoms with E-state index < -0.39 is 5.97 Å². The summed E-state index contributed by atoms with van der Waals surface area (Å²) >= 11 is 1.58. The highest BCUT2D eigenvalue weighted by Gasteiger charge is 2.03. The van der Waals surface area contributed by atoms with Crippen LogP contribution in [-0.4, -0.2) is 18.2 Å². The highest BCUT2D eigenvalue weighted by atomic mass is 32.2. The smallest absolute Gasteiger partial charge is 0.335 e. The summed E-state index contributed by atoms with van der Waals surface area (Å²) in [6, 6.07) is 14.5. The topological polar surface area (TPSA) is 46.5 Å². The van der Waals surface area contributed by atoms with Crippen LogP contribution < -0.4 is 4.74 Å². The van der Waals surface area contributed by atoms with Crippen LogP contribution in [0.25, 0.3) is 0 Å². The first-order chi connectivity index (χ1) is 8.69. The standard InChI is InChI=1S/C14H12O3S/c1-17-11-4-8-13(9-5-11)18-12-6-2-10(3-7-12)14(15)16/h2-9H,1H3,(H,15,16). The van der Waals surface area contributed by atoms with Gasteiger partial charge in [0.15, 0.2) is 0 Å². The van der Waals surface area contributed by atoms with Crippen molar-refractivity contribution >= 4 is 17.7 Å². The lowest BCUT2D eigenvalue weighted by Gasteiger charge is -2.03. The Hall–Kier alpha value is -1.94. The number of hydrogen-bond acceptors (Lipinski definition) is 3. The third kappa shape index (κ3) is 3.05. The SMILES string of the molecule is COc1ccc(Sc2ccc(C(=O)O)cc2)cc1. The zero-order valence-electron chi connectivity index (χ0n) is 9.79. The molecule has 0 aromatic heterocycles. The van der Waals surface area contributed by atoms with E-state index in [0.29, 0.717) is 5.56 Å². The average molecular weight is 260 g/mol. The number of rotatable bonds is 4. The molecule has 0 saturated carbocycles. The van der Waals surface area contributed by atoms with Gasteiger partial charge in [-0.2, -0.15) is 0 Å². The molecule has 0 fully saturated rings. The van der Waals surface area contributed by atoms with Gasteiger partial charge in [0.05, 0.1) is 12.7 Å². The Kier molecular flexibility index (Phi) is 3.89. The van der Waals surface area contributed by atoms with Crippen molar-refractivity contribution in [3.8, 4) is 5.75 Å². The van der Waals surface area contributed by atoms with E-state index >= 15 is 0 Å². The number of carboxylic acids is 1. The fraction of sp³-hybridized carbons (Fsp3) is 0.0714. The van der Waals surface area contributed by atoms with Crippen molar-refractivity contribution in [1.29, 1.82) is 0 Å². The molecule has 0 aliphatic carbocycles. The van der Waals surface area contributed by atoms with E-state index in [1.54, 1.807) is 43.1 Å². The summed E-state index contributed by atoms with van der Waals surface area (Å²) in [6.07, 6.45) is 0. The molecule has 0 radical (unpaired) electrons. The van der Waals surface area contributed by atoms with Gasteiger partial charge in [-0.3, -0.25) is 0 Å². The molecule has 0 atom stereocenters. The monoisotopic (exact) mass is 260 g/mol. The van der Waals surface area contributed by atoms with E-state index in [2.05, 4.69) is 0 Å². The summed E-state index contributed by atoms with van der Waals surface area (Å²) < 4.78 is 5.09. The maximum absolute atomic E-state index is 10.7. The number of aromatic carboxylic acids is 1. The van der Waals surface area contributed by atoms with Crippen molar-refractivity contribution in [2.24, 2.45) is 0 Å². The summed E-state index contributed by atoms with van der Waals surface area (Å²) in [7, 11) is 1.63. The van der Waals surface area contributed by atoms with Crippen molar-refractivity contribution in [2.75, 3.05) is 7.11 Å². The van der Waals surface area contributed by atoms with Gasteiger partial charge in [-0.15, -0.1) is 0 Å². The molecule has 4 heteroatoms. The van der Waals surface area contributed by atoms with Crippen molar-refractivity contribution in [1.82, 2.24) is 0 Å². The molecule has 18 heavy (non-hydrogen) atoms. The fourth-order valence-corrected chi connectivity index (χ4v) is 2.26. The molecule has 1 N–H and O–H groups in total. The molecular weight excluding hydrogens is 248 g/mol. The van der Waals surface area contributed by atoms with Crippen LogP contribution in [0, 0.1) is 0 Å². The predicted octanol–water partition coefficient (Wildman–Crippen LogP) is 3.54. The van der Waals surface area contributed by atoms with Crippen LogP contribution in [0.5, 0.6) is 5.75 Å². The van der Waals surface area contributed by atoms with Crippen LogP contribution in [0.4, 0.5) is 0 Å². The van der Waals surface area contributed by atoms with Gasteiger partial charge in [0, 0.05) is 9.79 Å². The van der Waals surface area contributed by atoms with Crippen LogP contribution in [-0.2, 0) is 0 Å². The van der Waals surface area contributed by atoms with E-state index in [1.165, 1.54) is 0 Å². The largest absolute Gasteiger partial charge is 0.497 e. The first-order valence-electron chi connectivity index (χ1n) is 5.34. The molecule has 0 bridgehead atoms. The van der Waals surface area contributed by atoms with Crippen LogP contribution >= 0.6 is 11.8 Å². The van der Waals surface area contributed by atoms with E-state index in [0.717, 1.165) is 15.5 Å². The number of hydrogen-bond donors (Lipinski definition) is 1. The van der Waals surface area contributed by atoms with E-state index in [1.807, 2.05) is 24.3 Å². The second-order valence-corrected chi connectivity index (χ2v) is 4.75. The minimum Gasteiger partial charge on any atom is -0.497 e. The number of benzene rings is 2. The van der Waals surface area contributed by atoms with E-state index in [9.17, 15) is 4.79 Å². The van der Waals surface area contributed by atoms with Gasteiger partial charge in [-0.1, -0.05) is 11.8 Å².